The van der Waals surface area contributed by atoms with Crippen LogP contribution < -0.4 is 5.32 Å². The van der Waals surface area contributed by atoms with Crippen molar-refractivity contribution in [3.63, 3.8) is 0 Å². The molecule has 1 aromatic carbocycles. The molecule has 0 aliphatic heterocycles. The Morgan fingerprint density at radius 3 is 2.42 bits per heavy atom. The molecule has 3 nitrogen and oxygen atoms in total. The molecule has 0 aliphatic carbocycles. The van der Waals surface area contributed by atoms with Crippen molar-refractivity contribution in [3.8, 4) is 6.07 Å². The average molecular weight is 259 g/mol. The van der Waals surface area contributed by atoms with Crippen LogP contribution in [0.15, 0.2) is 24.3 Å². The normalized spacial score (nSPS) is 12.4. The Kier molecular flexibility index (Phi) is 7.17. The molecular formula is C16H25N3. The minimum absolute atomic E-state index is 0.327. The van der Waals surface area contributed by atoms with Crippen LogP contribution in [0.25, 0.3) is 0 Å². The third-order valence-corrected chi connectivity index (χ3v) is 3.41. The highest BCUT2D eigenvalue weighted by atomic mass is 15.1. The van der Waals surface area contributed by atoms with Crippen molar-refractivity contribution in [1.82, 2.24) is 10.2 Å². The Hall–Kier alpha value is -1.37. The van der Waals surface area contributed by atoms with E-state index in [2.05, 4.69) is 37.1 Å². The van der Waals surface area contributed by atoms with Gasteiger partial charge < -0.3 is 10.2 Å². The standard InChI is InChI=1S/C16H25N3/c1-4-11-19(5-2)12-10-18-14(3)16-8-6-15(13-17)7-9-16/h6-9,14,18H,4-5,10-12H2,1-3H3. The molecule has 0 radical (unpaired) electrons. The zero-order valence-electron chi connectivity index (χ0n) is 12.3. The van der Waals surface area contributed by atoms with Gasteiger partial charge in [0.05, 0.1) is 11.6 Å². The molecule has 3 heteroatoms. The van der Waals surface area contributed by atoms with Gasteiger partial charge in [0, 0.05) is 19.1 Å². The minimum Gasteiger partial charge on any atom is -0.309 e. The number of benzene rings is 1. The van der Waals surface area contributed by atoms with E-state index in [1.54, 1.807) is 0 Å². The lowest BCUT2D eigenvalue weighted by Crippen LogP contribution is -2.33. The van der Waals surface area contributed by atoms with Crippen molar-refractivity contribution in [1.29, 1.82) is 5.26 Å². The molecule has 0 aromatic heterocycles. The second-order valence-electron chi connectivity index (χ2n) is 4.84. The van der Waals surface area contributed by atoms with Gasteiger partial charge in [-0.2, -0.15) is 5.26 Å². The first kappa shape index (κ1) is 15.7. The van der Waals surface area contributed by atoms with Gasteiger partial charge in [0.1, 0.15) is 0 Å². The molecular weight excluding hydrogens is 234 g/mol. The molecule has 1 N–H and O–H groups in total. The van der Waals surface area contributed by atoms with E-state index in [9.17, 15) is 0 Å². The average Bonchev–Trinajstić information content (AvgIpc) is 2.46. The van der Waals surface area contributed by atoms with Crippen LogP contribution in [0.5, 0.6) is 0 Å². The summed E-state index contributed by atoms with van der Waals surface area (Å²) in [6.07, 6.45) is 1.21. The Morgan fingerprint density at radius 2 is 1.89 bits per heavy atom. The number of rotatable bonds is 8. The van der Waals surface area contributed by atoms with E-state index in [0.29, 0.717) is 6.04 Å². The summed E-state index contributed by atoms with van der Waals surface area (Å²) in [5, 5.41) is 12.3. The van der Waals surface area contributed by atoms with Crippen molar-refractivity contribution in [3.05, 3.63) is 35.4 Å². The molecule has 0 spiro atoms. The maximum absolute atomic E-state index is 8.78. The first-order valence-corrected chi connectivity index (χ1v) is 7.17. The fourth-order valence-corrected chi connectivity index (χ4v) is 2.15. The smallest absolute Gasteiger partial charge is 0.0991 e. The van der Waals surface area contributed by atoms with E-state index < -0.39 is 0 Å². The largest absolute Gasteiger partial charge is 0.309 e. The molecule has 0 heterocycles. The first-order valence-electron chi connectivity index (χ1n) is 7.17. The Balaban J connectivity index is 2.38. The molecule has 1 atom stereocenters. The highest BCUT2D eigenvalue weighted by Gasteiger charge is 2.06. The summed E-state index contributed by atoms with van der Waals surface area (Å²) in [7, 11) is 0. The van der Waals surface area contributed by atoms with Gasteiger partial charge in [0.25, 0.3) is 0 Å². The van der Waals surface area contributed by atoms with E-state index in [-0.39, 0.29) is 0 Å². The lowest BCUT2D eigenvalue weighted by Gasteiger charge is -2.21. The summed E-state index contributed by atoms with van der Waals surface area (Å²) in [5.74, 6) is 0. The third-order valence-electron chi connectivity index (χ3n) is 3.41. The number of likely N-dealkylation sites (N-methyl/N-ethyl adjacent to an activating group) is 1. The molecule has 0 bridgehead atoms. The van der Waals surface area contributed by atoms with Crippen molar-refractivity contribution in [2.45, 2.75) is 33.2 Å². The monoisotopic (exact) mass is 259 g/mol. The topological polar surface area (TPSA) is 39.1 Å². The van der Waals surface area contributed by atoms with Crippen molar-refractivity contribution in [2.75, 3.05) is 26.2 Å². The van der Waals surface area contributed by atoms with Crippen LogP contribution in [0.4, 0.5) is 0 Å². The van der Waals surface area contributed by atoms with Gasteiger partial charge in [-0.3, -0.25) is 0 Å². The maximum atomic E-state index is 8.78. The highest BCUT2D eigenvalue weighted by molar-refractivity contribution is 5.32. The van der Waals surface area contributed by atoms with Crippen LogP contribution in [0.1, 0.15) is 44.4 Å². The molecule has 0 fully saturated rings. The molecule has 19 heavy (non-hydrogen) atoms. The molecule has 1 unspecified atom stereocenters. The van der Waals surface area contributed by atoms with Crippen LogP contribution in [0.2, 0.25) is 0 Å². The molecule has 104 valence electrons. The predicted molar refractivity (Wildman–Crippen MR) is 80.0 cm³/mol. The number of nitrogens with one attached hydrogen (secondary N) is 1. The van der Waals surface area contributed by atoms with Crippen LogP contribution >= 0.6 is 0 Å². The molecule has 0 aliphatic rings. The van der Waals surface area contributed by atoms with Crippen LogP contribution in [-0.2, 0) is 0 Å². The van der Waals surface area contributed by atoms with E-state index in [1.165, 1.54) is 18.5 Å². The molecule has 1 rings (SSSR count). The number of nitriles is 1. The molecule has 0 saturated carbocycles. The Labute approximate surface area is 117 Å². The van der Waals surface area contributed by atoms with Gasteiger partial charge >= 0.3 is 0 Å². The van der Waals surface area contributed by atoms with E-state index in [4.69, 9.17) is 5.26 Å². The summed E-state index contributed by atoms with van der Waals surface area (Å²) in [6, 6.07) is 10.3. The summed E-state index contributed by atoms with van der Waals surface area (Å²) >= 11 is 0. The molecule has 0 amide bonds. The number of hydrogen-bond donors (Lipinski definition) is 1. The molecule has 1 aromatic rings. The Morgan fingerprint density at radius 1 is 1.21 bits per heavy atom. The minimum atomic E-state index is 0.327. The van der Waals surface area contributed by atoms with Crippen LogP contribution in [-0.4, -0.2) is 31.1 Å². The quantitative estimate of drug-likeness (QED) is 0.780. The summed E-state index contributed by atoms with van der Waals surface area (Å²) < 4.78 is 0. The lowest BCUT2D eigenvalue weighted by molar-refractivity contribution is 0.284. The van der Waals surface area contributed by atoms with Gasteiger partial charge in [-0.1, -0.05) is 26.0 Å². The first-order chi connectivity index (χ1) is 9.21. The van der Waals surface area contributed by atoms with E-state index in [1.807, 2.05) is 24.3 Å². The van der Waals surface area contributed by atoms with Crippen LogP contribution in [0, 0.1) is 11.3 Å². The van der Waals surface area contributed by atoms with Gasteiger partial charge in [-0.05, 0) is 44.1 Å². The number of hydrogen-bond acceptors (Lipinski definition) is 3. The number of nitrogens with zero attached hydrogens (tertiary/aromatic N) is 2. The highest BCUT2D eigenvalue weighted by Crippen LogP contribution is 2.12. The third kappa shape index (κ3) is 5.42. The van der Waals surface area contributed by atoms with Gasteiger partial charge in [-0.15, -0.1) is 0 Å². The van der Waals surface area contributed by atoms with Gasteiger partial charge in [0.15, 0.2) is 0 Å². The summed E-state index contributed by atoms with van der Waals surface area (Å²) in [6.45, 7) is 11.0. The van der Waals surface area contributed by atoms with E-state index >= 15 is 0 Å². The second-order valence-corrected chi connectivity index (χ2v) is 4.84. The lowest BCUT2D eigenvalue weighted by atomic mass is 10.1. The second kappa shape index (κ2) is 8.68. The van der Waals surface area contributed by atoms with Crippen LogP contribution in [0.3, 0.4) is 0 Å². The van der Waals surface area contributed by atoms with Crippen molar-refractivity contribution >= 4 is 0 Å². The maximum Gasteiger partial charge on any atom is 0.0991 e. The van der Waals surface area contributed by atoms with Crippen molar-refractivity contribution in [2.24, 2.45) is 0 Å². The predicted octanol–water partition coefficient (Wildman–Crippen LogP) is 2.94. The summed E-state index contributed by atoms with van der Waals surface area (Å²) in [5.41, 5.74) is 1.95. The fraction of sp³-hybridized carbons (Fsp3) is 0.562. The Bertz CT molecular complexity index is 391. The van der Waals surface area contributed by atoms with Gasteiger partial charge in [-0.25, -0.2) is 0 Å². The zero-order valence-corrected chi connectivity index (χ0v) is 12.3. The van der Waals surface area contributed by atoms with E-state index in [0.717, 1.165) is 25.2 Å². The SMILES string of the molecule is CCCN(CC)CCNC(C)c1ccc(C#N)cc1. The zero-order chi connectivity index (χ0) is 14.1. The fourth-order valence-electron chi connectivity index (χ4n) is 2.15. The van der Waals surface area contributed by atoms with Gasteiger partial charge in [0.2, 0.25) is 0 Å². The summed E-state index contributed by atoms with van der Waals surface area (Å²) in [4.78, 5) is 2.46. The van der Waals surface area contributed by atoms with Crippen molar-refractivity contribution < 1.29 is 0 Å². The molecule has 0 saturated heterocycles.